The average molecular weight is 273 g/mol. The Morgan fingerprint density at radius 3 is 2.50 bits per heavy atom. The number of carbonyl (C=O) groups excluding carboxylic acids is 1. The van der Waals surface area contributed by atoms with Gasteiger partial charge in [0.2, 0.25) is 0 Å². The summed E-state index contributed by atoms with van der Waals surface area (Å²) in [7, 11) is 0. The molecule has 20 heavy (non-hydrogen) atoms. The van der Waals surface area contributed by atoms with Gasteiger partial charge in [0.15, 0.2) is 0 Å². The van der Waals surface area contributed by atoms with Crippen molar-refractivity contribution in [2.24, 2.45) is 0 Å². The van der Waals surface area contributed by atoms with Crippen molar-refractivity contribution >= 4 is 11.7 Å². The maximum atomic E-state index is 12.2. The number of amides is 2. The zero-order valence-corrected chi connectivity index (χ0v) is 11.8. The molecule has 2 aliphatic carbocycles. The zero-order chi connectivity index (χ0) is 14.0. The molecular formula is C16H23N3O. The van der Waals surface area contributed by atoms with Gasteiger partial charge in [0.1, 0.15) is 0 Å². The van der Waals surface area contributed by atoms with Crippen LogP contribution in [0.3, 0.4) is 0 Å². The van der Waals surface area contributed by atoms with Gasteiger partial charge in [-0.2, -0.15) is 0 Å². The van der Waals surface area contributed by atoms with Crippen LogP contribution in [0.1, 0.15) is 50.5 Å². The number of benzene rings is 1. The summed E-state index contributed by atoms with van der Waals surface area (Å²) in [5.74, 6) is 0. The van der Waals surface area contributed by atoms with Crippen molar-refractivity contribution in [1.29, 1.82) is 0 Å². The van der Waals surface area contributed by atoms with E-state index >= 15 is 0 Å². The number of rotatable bonds is 3. The molecule has 0 aromatic heterocycles. The summed E-state index contributed by atoms with van der Waals surface area (Å²) in [6.45, 7) is 0. The summed E-state index contributed by atoms with van der Waals surface area (Å²) >= 11 is 0. The van der Waals surface area contributed by atoms with Crippen LogP contribution in [0.15, 0.2) is 24.3 Å². The van der Waals surface area contributed by atoms with Crippen LogP contribution in [0.4, 0.5) is 10.5 Å². The van der Waals surface area contributed by atoms with Gasteiger partial charge in [-0.3, -0.25) is 0 Å². The predicted molar refractivity (Wildman–Crippen MR) is 80.3 cm³/mol. The molecule has 2 fully saturated rings. The first-order valence-corrected chi connectivity index (χ1v) is 7.63. The number of para-hydroxylation sites is 1. The molecule has 4 heteroatoms. The van der Waals surface area contributed by atoms with E-state index in [2.05, 4.69) is 10.6 Å². The molecule has 4 N–H and O–H groups in total. The van der Waals surface area contributed by atoms with Crippen LogP contribution in [0.2, 0.25) is 0 Å². The standard InChI is InChI=1S/C16H23N3O/c17-14-9-5-4-8-13(14)16(10-11-16)19-15(20)18-12-6-2-1-3-7-12/h4-5,8-9,12H,1-3,6-7,10-11,17H2,(H2,18,19,20). The van der Waals surface area contributed by atoms with Gasteiger partial charge in [-0.1, -0.05) is 37.5 Å². The monoisotopic (exact) mass is 273 g/mol. The molecule has 2 saturated carbocycles. The first kappa shape index (κ1) is 13.3. The van der Waals surface area contributed by atoms with E-state index in [1.54, 1.807) is 0 Å². The molecule has 1 aromatic rings. The lowest BCUT2D eigenvalue weighted by atomic mass is 9.96. The quantitative estimate of drug-likeness (QED) is 0.741. The third kappa shape index (κ3) is 2.74. The fourth-order valence-electron chi connectivity index (χ4n) is 3.21. The largest absolute Gasteiger partial charge is 0.398 e. The van der Waals surface area contributed by atoms with E-state index in [4.69, 9.17) is 5.73 Å². The summed E-state index contributed by atoms with van der Waals surface area (Å²) in [4.78, 5) is 12.2. The number of nitrogens with two attached hydrogens (primary N) is 1. The first-order valence-electron chi connectivity index (χ1n) is 7.63. The minimum Gasteiger partial charge on any atom is -0.398 e. The minimum absolute atomic E-state index is 0.0438. The van der Waals surface area contributed by atoms with Crippen molar-refractivity contribution in [3.63, 3.8) is 0 Å². The summed E-state index contributed by atoms with van der Waals surface area (Å²) in [6, 6.07) is 8.12. The van der Waals surface area contributed by atoms with Crippen molar-refractivity contribution in [3.05, 3.63) is 29.8 Å². The van der Waals surface area contributed by atoms with E-state index in [0.717, 1.165) is 36.9 Å². The normalized spacial score (nSPS) is 21.2. The Bertz CT molecular complexity index is 490. The Morgan fingerprint density at radius 2 is 1.85 bits per heavy atom. The van der Waals surface area contributed by atoms with Crippen molar-refractivity contribution in [1.82, 2.24) is 10.6 Å². The number of hydrogen-bond acceptors (Lipinski definition) is 2. The fourth-order valence-corrected chi connectivity index (χ4v) is 3.21. The second-order valence-electron chi connectivity index (χ2n) is 6.10. The molecule has 0 spiro atoms. The summed E-state index contributed by atoms with van der Waals surface area (Å²) in [6.07, 6.45) is 7.90. The Morgan fingerprint density at radius 1 is 1.15 bits per heavy atom. The van der Waals surface area contributed by atoms with Gasteiger partial charge in [-0.15, -0.1) is 0 Å². The average Bonchev–Trinajstić information content (AvgIpc) is 3.20. The lowest BCUT2D eigenvalue weighted by Gasteiger charge is -2.25. The fraction of sp³-hybridized carbons (Fsp3) is 0.562. The van der Waals surface area contributed by atoms with Gasteiger partial charge < -0.3 is 16.4 Å². The second-order valence-corrected chi connectivity index (χ2v) is 6.10. The molecule has 0 saturated heterocycles. The van der Waals surface area contributed by atoms with Gasteiger partial charge in [0.25, 0.3) is 0 Å². The number of nitrogens with one attached hydrogen (secondary N) is 2. The zero-order valence-electron chi connectivity index (χ0n) is 11.8. The van der Waals surface area contributed by atoms with Gasteiger partial charge >= 0.3 is 6.03 Å². The van der Waals surface area contributed by atoms with Crippen molar-refractivity contribution in [3.8, 4) is 0 Å². The molecule has 0 bridgehead atoms. The third-order valence-corrected chi connectivity index (χ3v) is 4.52. The van der Waals surface area contributed by atoms with Gasteiger partial charge in [-0.25, -0.2) is 4.79 Å². The highest BCUT2D eigenvalue weighted by atomic mass is 16.2. The van der Waals surface area contributed by atoms with E-state index in [1.165, 1.54) is 19.3 Å². The van der Waals surface area contributed by atoms with Crippen molar-refractivity contribution in [2.75, 3.05) is 5.73 Å². The van der Waals surface area contributed by atoms with E-state index < -0.39 is 0 Å². The maximum absolute atomic E-state index is 12.2. The van der Waals surface area contributed by atoms with Crippen molar-refractivity contribution in [2.45, 2.75) is 56.5 Å². The molecule has 0 atom stereocenters. The van der Waals surface area contributed by atoms with Crippen LogP contribution in [-0.2, 0) is 5.54 Å². The highest BCUT2D eigenvalue weighted by Crippen LogP contribution is 2.47. The van der Waals surface area contributed by atoms with Crippen LogP contribution in [-0.4, -0.2) is 12.1 Å². The third-order valence-electron chi connectivity index (χ3n) is 4.52. The number of hydrogen-bond donors (Lipinski definition) is 3. The molecule has 4 nitrogen and oxygen atoms in total. The molecule has 1 aromatic carbocycles. The molecular weight excluding hydrogens is 250 g/mol. The SMILES string of the molecule is Nc1ccccc1C1(NC(=O)NC2CCCCC2)CC1. The second kappa shape index (κ2) is 5.35. The number of carbonyl (C=O) groups is 1. The minimum atomic E-state index is -0.232. The number of anilines is 1. The molecule has 2 aliphatic rings. The lowest BCUT2D eigenvalue weighted by Crippen LogP contribution is -2.47. The van der Waals surface area contributed by atoms with Gasteiger partial charge in [0, 0.05) is 17.3 Å². The molecule has 0 radical (unpaired) electrons. The predicted octanol–water partition coefficient (Wildman–Crippen LogP) is 2.89. The van der Waals surface area contributed by atoms with Crippen LogP contribution in [0, 0.1) is 0 Å². The smallest absolute Gasteiger partial charge is 0.315 e. The van der Waals surface area contributed by atoms with Crippen LogP contribution in [0.5, 0.6) is 0 Å². The van der Waals surface area contributed by atoms with Gasteiger partial charge in [-0.05, 0) is 31.7 Å². The summed E-state index contributed by atoms with van der Waals surface area (Å²) < 4.78 is 0. The topological polar surface area (TPSA) is 67.1 Å². The van der Waals surface area contributed by atoms with Crippen LogP contribution in [0.25, 0.3) is 0 Å². The molecule has 0 aliphatic heterocycles. The molecule has 108 valence electrons. The van der Waals surface area contributed by atoms with E-state index in [1.807, 2.05) is 24.3 Å². The maximum Gasteiger partial charge on any atom is 0.315 e. The first-order chi connectivity index (χ1) is 9.70. The van der Waals surface area contributed by atoms with Crippen LogP contribution >= 0.6 is 0 Å². The van der Waals surface area contributed by atoms with E-state index in [-0.39, 0.29) is 11.6 Å². The molecule has 2 amide bonds. The van der Waals surface area contributed by atoms with Crippen LogP contribution < -0.4 is 16.4 Å². The molecule has 0 heterocycles. The Balaban J connectivity index is 1.62. The van der Waals surface area contributed by atoms with E-state index in [0.29, 0.717) is 6.04 Å². The Hall–Kier alpha value is -1.71. The van der Waals surface area contributed by atoms with E-state index in [9.17, 15) is 4.79 Å². The Labute approximate surface area is 120 Å². The van der Waals surface area contributed by atoms with Crippen molar-refractivity contribution < 1.29 is 4.79 Å². The number of nitrogen functional groups attached to an aromatic ring is 1. The highest BCUT2D eigenvalue weighted by Gasteiger charge is 2.46. The number of urea groups is 1. The highest BCUT2D eigenvalue weighted by molar-refractivity contribution is 5.76. The van der Waals surface area contributed by atoms with Gasteiger partial charge in [0.05, 0.1) is 5.54 Å². The summed E-state index contributed by atoms with van der Waals surface area (Å²) in [5.41, 5.74) is 7.62. The Kier molecular flexibility index (Phi) is 3.55. The lowest BCUT2D eigenvalue weighted by molar-refractivity contribution is 0.227. The molecule has 0 unspecified atom stereocenters. The summed E-state index contributed by atoms with van der Waals surface area (Å²) in [5, 5.41) is 6.26. The molecule has 3 rings (SSSR count).